The average molecular weight is 257 g/mol. The van der Waals surface area contributed by atoms with E-state index in [2.05, 4.69) is 5.32 Å². The van der Waals surface area contributed by atoms with Crippen LogP contribution >= 0.6 is 0 Å². The second-order valence-electron chi connectivity index (χ2n) is 4.06. The fourth-order valence-corrected chi connectivity index (χ4v) is 1.43. The molecular formula is C12H14F3N3. The molecule has 0 heterocycles. The van der Waals surface area contributed by atoms with Crippen LogP contribution < -0.4 is 11.1 Å². The summed E-state index contributed by atoms with van der Waals surface area (Å²) in [5.41, 5.74) is 4.58. The molecule has 1 aromatic carbocycles. The van der Waals surface area contributed by atoms with Gasteiger partial charge in [0.25, 0.3) is 0 Å². The lowest BCUT2D eigenvalue weighted by molar-refractivity contribution is -0.137. The quantitative estimate of drug-likeness (QED) is 0.871. The van der Waals surface area contributed by atoms with E-state index in [1.165, 1.54) is 12.1 Å². The Balaban J connectivity index is 2.88. The van der Waals surface area contributed by atoms with Gasteiger partial charge in [-0.15, -0.1) is 0 Å². The average Bonchev–Trinajstić information content (AvgIpc) is 2.27. The SMILES string of the molecule is CC(N)CCNc1ccc(C#N)c(C(F)(F)F)c1. The Morgan fingerprint density at radius 3 is 2.61 bits per heavy atom. The Hall–Kier alpha value is -1.74. The van der Waals surface area contributed by atoms with Crippen molar-refractivity contribution in [3.63, 3.8) is 0 Å². The lowest BCUT2D eigenvalue weighted by atomic mass is 10.1. The van der Waals surface area contributed by atoms with E-state index >= 15 is 0 Å². The first-order valence-corrected chi connectivity index (χ1v) is 5.45. The van der Waals surface area contributed by atoms with Crippen LogP contribution in [0.3, 0.4) is 0 Å². The van der Waals surface area contributed by atoms with Crippen LogP contribution in [0.1, 0.15) is 24.5 Å². The molecule has 0 aliphatic rings. The van der Waals surface area contributed by atoms with E-state index in [-0.39, 0.29) is 11.6 Å². The van der Waals surface area contributed by atoms with Gasteiger partial charge < -0.3 is 11.1 Å². The molecular weight excluding hydrogens is 243 g/mol. The fourth-order valence-electron chi connectivity index (χ4n) is 1.43. The van der Waals surface area contributed by atoms with Crippen molar-refractivity contribution in [3.05, 3.63) is 29.3 Å². The molecule has 0 amide bonds. The second-order valence-corrected chi connectivity index (χ2v) is 4.06. The Kier molecular flexibility index (Phi) is 4.56. The van der Waals surface area contributed by atoms with Crippen LogP contribution in [0, 0.1) is 11.3 Å². The maximum absolute atomic E-state index is 12.7. The van der Waals surface area contributed by atoms with Gasteiger partial charge in [-0.2, -0.15) is 18.4 Å². The fraction of sp³-hybridized carbons (Fsp3) is 0.417. The summed E-state index contributed by atoms with van der Waals surface area (Å²) < 4.78 is 38.0. The first-order valence-electron chi connectivity index (χ1n) is 5.45. The zero-order valence-electron chi connectivity index (χ0n) is 9.88. The van der Waals surface area contributed by atoms with Crippen molar-refractivity contribution in [3.8, 4) is 6.07 Å². The molecule has 0 fully saturated rings. The Labute approximate surface area is 103 Å². The summed E-state index contributed by atoms with van der Waals surface area (Å²) in [5, 5.41) is 11.5. The summed E-state index contributed by atoms with van der Waals surface area (Å²) in [6, 6.07) is 5.08. The van der Waals surface area contributed by atoms with Crippen molar-refractivity contribution in [1.82, 2.24) is 0 Å². The van der Waals surface area contributed by atoms with Gasteiger partial charge in [-0.3, -0.25) is 0 Å². The number of nitrogens with zero attached hydrogens (tertiary/aromatic N) is 1. The van der Waals surface area contributed by atoms with Gasteiger partial charge in [0.05, 0.1) is 17.2 Å². The molecule has 0 spiro atoms. The first-order chi connectivity index (χ1) is 8.34. The van der Waals surface area contributed by atoms with Gasteiger partial charge >= 0.3 is 6.18 Å². The molecule has 1 rings (SSSR count). The Bertz CT molecular complexity index is 447. The molecule has 3 nitrogen and oxygen atoms in total. The Morgan fingerprint density at radius 2 is 2.11 bits per heavy atom. The predicted octanol–water partition coefficient (Wildman–Crippen LogP) is 2.73. The summed E-state index contributed by atoms with van der Waals surface area (Å²) in [4.78, 5) is 0. The van der Waals surface area contributed by atoms with E-state index < -0.39 is 11.7 Å². The normalized spacial score (nSPS) is 12.9. The molecule has 98 valence electrons. The highest BCUT2D eigenvalue weighted by Gasteiger charge is 2.33. The van der Waals surface area contributed by atoms with Gasteiger partial charge in [-0.1, -0.05) is 0 Å². The summed E-state index contributed by atoms with van der Waals surface area (Å²) in [6.07, 6.45) is -3.87. The third-order valence-corrected chi connectivity index (χ3v) is 2.37. The number of hydrogen-bond acceptors (Lipinski definition) is 3. The van der Waals surface area contributed by atoms with Crippen LogP contribution in [0.5, 0.6) is 0 Å². The summed E-state index contributed by atoms with van der Waals surface area (Å²) in [5.74, 6) is 0. The molecule has 1 atom stereocenters. The number of hydrogen-bond donors (Lipinski definition) is 2. The lowest BCUT2D eigenvalue weighted by Gasteiger charge is -2.12. The Morgan fingerprint density at radius 1 is 1.44 bits per heavy atom. The van der Waals surface area contributed by atoms with Crippen LogP contribution in [0.25, 0.3) is 0 Å². The van der Waals surface area contributed by atoms with E-state index in [0.717, 1.165) is 12.1 Å². The van der Waals surface area contributed by atoms with Crippen molar-refractivity contribution >= 4 is 5.69 Å². The number of rotatable bonds is 4. The number of halogens is 3. The molecule has 1 aromatic rings. The zero-order valence-corrected chi connectivity index (χ0v) is 9.88. The van der Waals surface area contributed by atoms with Crippen molar-refractivity contribution in [2.75, 3.05) is 11.9 Å². The standard InChI is InChI=1S/C12H14F3N3/c1-8(17)4-5-18-10-3-2-9(7-16)11(6-10)12(13,14)15/h2-3,6,8,18H,4-5,17H2,1H3. The molecule has 0 aromatic heterocycles. The van der Waals surface area contributed by atoms with Crippen LogP contribution in [-0.4, -0.2) is 12.6 Å². The van der Waals surface area contributed by atoms with Gasteiger partial charge in [0.1, 0.15) is 0 Å². The third kappa shape index (κ3) is 3.93. The highest BCUT2D eigenvalue weighted by atomic mass is 19.4. The number of benzene rings is 1. The van der Waals surface area contributed by atoms with Crippen LogP contribution in [0.15, 0.2) is 18.2 Å². The highest BCUT2D eigenvalue weighted by Crippen LogP contribution is 2.33. The summed E-state index contributed by atoms with van der Waals surface area (Å²) in [6.45, 7) is 2.31. The van der Waals surface area contributed by atoms with Crippen molar-refractivity contribution in [2.45, 2.75) is 25.6 Å². The summed E-state index contributed by atoms with van der Waals surface area (Å²) >= 11 is 0. The van der Waals surface area contributed by atoms with E-state index in [9.17, 15) is 13.2 Å². The van der Waals surface area contributed by atoms with E-state index in [1.54, 1.807) is 0 Å². The number of nitrogens with two attached hydrogens (primary N) is 1. The van der Waals surface area contributed by atoms with Gasteiger partial charge in [0.2, 0.25) is 0 Å². The minimum atomic E-state index is -4.52. The molecule has 1 unspecified atom stereocenters. The highest BCUT2D eigenvalue weighted by molar-refractivity contribution is 5.53. The summed E-state index contributed by atoms with van der Waals surface area (Å²) in [7, 11) is 0. The molecule has 18 heavy (non-hydrogen) atoms. The largest absolute Gasteiger partial charge is 0.417 e. The van der Waals surface area contributed by atoms with Crippen LogP contribution in [0.2, 0.25) is 0 Å². The molecule has 6 heteroatoms. The maximum Gasteiger partial charge on any atom is 0.417 e. The van der Waals surface area contributed by atoms with Crippen LogP contribution in [0.4, 0.5) is 18.9 Å². The van der Waals surface area contributed by atoms with Gasteiger partial charge in [0, 0.05) is 18.3 Å². The van der Waals surface area contributed by atoms with Crippen molar-refractivity contribution < 1.29 is 13.2 Å². The smallest absolute Gasteiger partial charge is 0.385 e. The molecule has 3 N–H and O–H groups in total. The third-order valence-electron chi connectivity index (χ3n) is 2.37. The molecule has 0 aliphatic carbocycles. The van der Waals surface area contributed by atoms with Gasteiger partial charge in [0.15, 0.2) is 0 Å². The monoisotopic (exact) mass is 257 g/mol. The number of anilines is 1. The molecule has 0 aliphatic heterocycles. The molecule has 0 saturated carbocycles. The van der Waals surface area contributed by atoms with E-state index in [4.69, 9.17) is 11.0 Å². The first kappa shape index (κ1) is 14.3. The number of nitrogens with one attached hydrogen (secondary N) is 1. The predicted molar refractivity (Wildman–Crippen MR) is 62.9 cm³/mol. The number of nitriles is 1. The minimum Gasteiger partial charge on any atom is -0.385 e. The molecule has 0 bridgehead atoms. The van der Waals surface area contributed by atoms with Crippen LogP contribution in [-0.2, 0) is 6.18 Å². The van der Waals surface area contributed by atoms with Crippen molar-refractivity contribution in [1.29, 1.82) is 5.26 Å². The zero-order chi connectivity index (χ0) is 13.8. The molecule has 0 radical (unpaired) electrons. The van der Waals surface area contributed by atoms with E-state index in [1.807, 2.05) is 6.92 Å². The maximum atomic E-state index is 12.7. The number of alkyl halides is 3. The van der Waals surface area contributed by atoms with E-state index in [0.29, 0.717) is 18.7 Å². The van der Waals surface area contributed by atoms with Crippen molar-refractivity contribution in [2.24, 2.45) is 5.73 Å². The van der Waals surface area contributed by atoms with Gasteiger partial charge in [-0.25, -0.2) is 0 Å². The second kappa shape index (κ2) is 5.74. The topological polar surface area (TPSA) is 61.8 Å². The minimum absolute atomic E-state index is 0.0158. The van der Waals surface area contributed by atoms with Gasteiger partial charge in [-0.05, 0) is 31.5 Å². The lowest BCUT2D eigenvalue weighted by Crippen LogP contribution is -2.19. The molecule has 0 saturated heterocycles.